The molecule has 0 aromatic heterocycles. The van der Waals surface area contributed by atoms with Gasteiger partial charge in [0.15, 0.2) is 0 Å². The maximum atomic E-state index is 14.0. The van der Waals surface area contributed by atoms with Crippen LogP contribution in [0.3, 0.4) is 0 Å². The summed E-state index contributed by atoms with van der Waals surface area (Å²) in [4.78, 5) is 2.60. The number of hydrogen-bond donors (Lipinski definition) is 0. The quantitative estimate of drug-likeness (QED) is 0.678. The van der Waals surface area contributed by atoms with Crippen molar-refractivity contribution in [2.24, 2.45) is 11.3 Å². The van der Waals surface area contributed by atoms with E-state index in [4.69, 9.17) is 0 Å². The highest BCUT2D eigenvalue weighted by Crippen LogP contribution is 2.54. The molecule has 0 bridgehead atoms. The highest BCUT2D eigenvalue weighted by atomic mass is 19.1. The van der Waals surface area contributed by atoms with Gasteiger partial charge in [-0.25, -0.2) is 4.39 Å². The molecule has 104 valence electrons. The summed E-state index contributed by atoms with van der Waals surface area (Å²) < 4.78 is 14.0. The Labute approximate surface area is 111 Å². The lowest BCUT2D eigenvalue weighted by Gasteiger charge is -2.39. The number of hydrogen-bond acceptors (Lipinski definition) is 1. The monoisotopic (exact) mass is 253 g/mol. The summed E-state index contributed by atoms with van der Waals surface area (Å²) in [7, 11) is 0. The third-order valence-electron chi connectivity index (χ3n) is 5.38. The summed E-state index contributed by atoms with van der Waals surface area (Å²) in [5.41, 5.74) is 0.521. The molecule has 18 heavy (non-hydrogen) atoms. The van der Waals surface area contributed by atoms with E-state index in [1.165, 1.54) is 38.5 Å². The van der Waals surface area contributed by atoms with Gasteiger partial charge in [-0.3, -0.25) is 4.90 Å². The minimum atomic E-state index is -0.574. The van der Waals surface area contributed by atoms with Gasteiger partial charge in [-0.15, -0.1) is 0 Å². The first-order valence-corrected chi connectivity index (χ1v) is 7.81. The third kappa shape index (κ3) is 2.11. The average Bonchev–Trinajstić information content (AvgIpc) is 2.65. The molecule has 1 nitrogen and oxygen atoms in total. The van der Waals surface area contributed by atoms with E-state index in [-0.39, 0.29) is 5.54 Å². The van der Waals surface area contributed by atoms with Crippen molar-refractivity contribution in [1.82, 2.24) is 4.90 Å². The predicted molar refractivity (Wildman–Crippen MR) is 73.4 cm³/mol. The molecule has 0 spiro atoms. The van der Waals surface area contributed by atoms with Gasteiger partial charge >= 0.3 is 0 Å². The van der Waals surface area contributed by atoms with Crippen LogP contribution in [0.4, 0.5) is 4.39 Å². The predicted octanol–water partition coefficient (Wildman–Crippen LogP) is 4.17. The summed E-state index contributed by atoms with van der Waals surface area (Å²) in [6, 6.07) is 0.710. The van der Waals surface area contributed by atoms with Gasteiger partial charge in [0.05, 0.1) is 0 Å². The molecule has 0 radical (unpaired) electrons. The fraction of sp³-hybridized carbons (Fsp3) is 1.00. The second-order valence-electron chi connectivity index (χ2n) is 8.23. The second-order valence-corrected chi connectivity index (χ2v) is 8.23. The number of alkyl halides is 1. The number of fused-ring (bicyclic) bond motifs is 3. The van der Waals surface area contributed by atoms with Gasteiger partial charge in [0.2, 0.25) is 0 Å². The van der Waals surface area contributed by atoms with E-state index in [2.05, 4.69) is 25.7 Å². The van der Waals surface area contributed by atoms with Gasteiger partial charge in [-0.2, -0.15) is 0 Å². The molecule has 0 aromatic rings. The van der Waals surface area contributed by atoms with Crippen LogP contribution in [0, 0.1) is 11.3 Å². The van der Waals surface area contributed by atoms with Gasteiger partial charge in [-0.05, 0) is 43.4 Å². The van der Waals surface area contributed by atoms with Crippen molar-refractivity contribution in [3.05, 3.63) is 0 Å². The first-order valence-electron chi connectivity index (χ1n) is 7.81. The summed E-state index contributed by atoms with van der Waals surface area (Å²) in [6.45, 7) is 7.66. The highest BCUT2D eigenvalue weighted by Gasteiger charge is 2.57. The molecule has 1 aliphatic carbocycles. The van der Waals surface area contributed by atoms with Gasteiger partial charge < -0.3 is 0 Å². The molecule has 2 aliphatic heterocycles. The Morgan fingerprint density at radius 1 is 1.17 bits per heavy atom. The summed E-state index contributed by atoms with van der Waals surface area (Å²) in [6.07, 6.45) is 8.16. The highest BCUT2D eigenvalue weighted by molar-refractivity contribution is 5.11. The van der Waals surface area contributed by atoms with Crippen LogP contribution in [0.25, 0.3) is 0 Å². The van der Waals surface area contributed by atoms with Crippen LogP contribution < -0.4 is 0 Å². The summed E-state index contributed by atoms with van der Waals surface area (Å²) >= 11 is 0. The minimum absolute atomic E-state index is 0.206. The summed E-state index contributed by atoms with van der Waals surface area (Å²) in [5, 5.41) is 0. The Bertz CT molecular complexity index is 322. The first-order chi connectivity index (χ1) is 8.40. The molecule has 1 saturated carbocycles. The van der Waals surface area contributed by atoms with E-state index in [9.17, 15) is 4.39 Å². The molecule has 4 atom stereocenters. The molecule has 0 aromatic carbocycles. The molecule has 3 aliphatic rings. The smallest absolute Gasteiger partial charge is 0.115 e. The topological polar surface area (TPSA) is 3.24 Å². The molecular formula is C16H28FN. The van der Waals surface area contributed by atoms with E-state index in [0.29, 0.717) is 11.5 Å². The maximum absolute atomic E-state index is 14.0. The van der Waals surface area contributed by atoms with E-state index >= 15 is 0 Å². The SMILES string of the molecule is CC(C)(C)C[C@@]12C[C@H](F)CN1[C@H]1CCCC[C@H]1C2. The van der Waals surface area contributed by atoms with Crippen LogP contribution in [0.5, 0.6) is 0 Å². The minimum Gasteiger partial charge on any atom is -0.291 e. The van der Waals surface area contributed by atoms with E-state index in [1.54, 1.807) is 0 Å². The molecule has 3 rings (SSSR count). The lowest BCUT2D eigenvalue weighted by atomic mass is 9.74. The third-order valence-corrected chi connectivity index (χ3v) is 5.38. The Kier molecular flexibility index (Phi) is 3.01. The van der Waals surface area contributed by atoms with E-state index in [1.807, 2.05) is 0 Å². The van der Waals surface area contributed by atoms with Crippen molar-refractivity contribution in [3.8, 4) is 0 Å². The summed E-state index contributed by atoms with van der Waals surface area (Å²) in [5.74, 6) is 0.869. The molecule has 0 amide bonds. The average molecular weight is 253 g/mol. The number of nitrogens with zero attached hydrogens (tertiary/aromatic N) is 1. The lowest BCUT2D eigenvalue weighted by Crippen LogP contribution is -2.45. The van der Waals surface area contributed by atoms with Crippen molar-refractivity contribution in [3.63, 3.8) is 0 Å². The van der Waals surface area contributed by atoms with Gasteiger partial charge in [-0.1, -0.05) is 33.6 Å². The Hall–Kier alpha value is -0.110. The molecule has 0 unspecified atom stereocenters. The maximum Gasteiger partial charge on any atom is 0.115 e. The number of halogens is 1. The van der Waals surface area contributed by atoms with Crippen molar-refractivity contribution in [2.45, 2.75) is 83.5 Å². The fourth-order valence-corrected chi connectivity index (χ4v) is 5.25. The second kappa shape index (κ2) is 4.19. The Morgan fingerprint density at radius 2 is 1.89 bits per heavy atom. The molecule has 0 N–H and O–H groups in total. The standard InChI is InChI=1S/C16H28FN/c1-15(2,3)11-16-8-12-6-4-5-7-14(12)18(16)10-13(17)9-16/h12-14H,4-11H2,1-3H3/t12-,13-,14-,16+/m0/s1. The van der Waals surface area contributed by atoms with Crippen LogP contribution in [0.1, 0.15) is 65.7 Å². The van der Waals surface area contributed by atoms with E-state index in [0.717, 1.165) is 18.9 Å². The zero-order valence-corrected chi connectivity index (χ0v) is 12.2. The van der Waals surface area contributed by atoms with Crippen LogP contribution >= 0.6 is 0 Å². The molecular weight excluding hydrogens is 225 g/mol. The Balaban J connectivity index is 1.85. The van der Waals surface area contributed by atoms with Gasteiger partial charge in [0, 0.05) is 18.1 Å². The van der Waals surface area contributed by atoms with E-state index < -0.39 is 6.17 Å². The molecule has 3 fully saturated rings. The van der Waals surface area contributed by atoms with Crippen molar-refractivity contribution < 1.29 is 4.39 Å². The van der Waals surface area contributed by atoms with Crippen LogP contribution in [0.2, 0.25) is 0 Å². The van der Waals surface area contributed by atoms with Crippen molar-refractivity contribution in [1.29, 1.82) is 0 Å². The zero-order chi connectivity index (χ0) is 13.0. The largest absolute Gasteiger partial charge is 0.291 e. The Morgan fingerprint density at radius 3 is 2.61 bits per heavy atom. The van der Waals surface area contributed by atoms with Gasteiger partial charge in [0.1, 0.15) is 6.17 Å². The number of rotatable bonds is 1. The normalized spacial score (nSPS) is 45.0. The zero-order valence-electron chi connectivity index (χ0n) is 12.2. The fourth-order valence-electron chi connectivity index (χ4n) is 5.25. The molecule has 2 heteroatoms. The van der Waals surface area contributed by atoms with Crippen molar-refractivity contribution >= 4 is 0 Å². The van der Waals surface area contributed by atoms with Crippen LogP contribution in [-0.2, 0) is 0 Å². The molecule has 2 saturated heterocycles. The van der Waals surface area contributed by atoms with Gasteiger partial charge in [0.25, 0.3) is 0 Å². The first kappa shape index (κ1) is 12.9. The molecule has 2 heterocycles. The van der Waals surface area contributed by atoms with Crippen molar-refractivity contribution in [2.75, 3.05) is 6.54 Å². The van der Waals surface area contributed by atoms with Crippen LogP contribution in [-0.4, -0.2) is 29.2 Å². The van der Waals surface area contributed by atoms with Crippen LogP contribution in [0.15, 0.2) is 0 Å². The lowest BCUT2D eigenvalue weighted by molar-refractivity contribution is 0.0910.